The van der Waals surface area contributed by atoms with Crippen LogP contribution in [0, 0.1) is 0 Å². The number of hydrogen-bond donors (Lipinski definition) is 0. The molecule has 0 spiro atoms. The van der Waals surface area contributed by atoms with Gasteiger partial charge in [0.2, 0.25) is 0 Å². The first-order valence-corrected chi connectivity index (χ1v) is 15.7. The third-order valence-corrected chi connectivity index (χ3v) is 4.68. The molecule has 0 aromatic heterocycles. The number of esters is 2. The minimum atomic E-state index is -1.94. The maximum Gasteiger partial charge on any atom is 0.330 e. The van der Waals surface area contributed by atoms with E-state index in [1.54, 1.807) is 26.0 Å². The quantitative estimate of drug-likeness (QED) is 0.298. The zero-order valence-corrected chi connectivity index (χ0v) is 19.3. The average molecular weight is 403 g/mol. The highest BCUT2D eigenvalue weighted by molar-refractivity contribution is 6.70. The van der Waals surface area contributed by atoms with Crippen molar-refractivity contribution in [3.63, 3.8) is 0 Å². The highest BCUT2D eigenvalue weighted by Crippen LogP contribution is 2.19. The van der Waals surface area contributed by atoms with Gasteiger partial charge in [0.1, 0.15) is 0 Å². The van der Waals surface area contributed by atoms with Crippen LogP contribution in [0.5, 0.6) is 0 Å². The van der Waals surface area contributed by atoms with Crippen molar-refractivity contribution in [2.75, 3.05) is 13.2 Å². The Balaban J connectivity index is 5.59. The highest BCUT2D eigenvalue weighted by Gasteiger charge is 2.29. The van der Waals surface area contributed by atoms with Gasteiger partial charge in [-0.1, -0.05) is 0 Å². The summed E-state index contributed by atoms with van der Waals surface area (Å²) in [4.78, 5) is 23.4. The molecule has 0 aromatic carbocycles. The largest absolute Gasteiger partial charge is 0.463 e. The van der Waals surface area contributed by atoms with Crippen molar-refractivity contribution in [2.45, 2.75) is 65.3 Å². The topological polar surface area (TPSA) is 71.1 Å². The Labute approximate surface area is 159 Å². The molecule has 6 nitrogen and oxygen atoms in total. The van der Waals surface area contributed by atoms with Gasteiger partial charge in [-0.15, -0.1) is 0 Å². The molecule has 0 radical (unpaired) electrons. The van der Waals surface area contributed by atoms with E-state index in [4.69, 9.17) is 18.3 Å². The van der Waals surface area contributed by atoms with E-state index in [1.165, 1.54) is 12.2 Å². The molecule has 0 aliphatic carbocycles. The number of carbonyl (C=O) groups excluding carboxylic acids is 2. The van der Waals surface area contributed by atoms with E-state index in [0.29, 0.717) is 13.2 Å². The molecular weight excluding hydrogens is 368 g/mol. The third-order valence-electron chi connectivity index (χ3n) is 2.72. The lowest BCUT2D eigenvalue weighted by atomic mass is 10.2. The standard InChI is InChI=1S/C18H34O6Si2/c1-9-21-17(19)13-11-15(23-25(3,4)5)16(24-26(6,7)8)12-14-18(20)22-10-2/h11-16H,9-10H2,1-8H3/b13-11+,14-12+/t15-,16-/m0/s1. The zero-order valence-electron chi connectivity index (χ0n) is 17.3. The normalized spacial score (nSPS) is 15.2. The van der Waals surface area contributed by atoms with E-state index in [2.05, 4.69) is 39.3 Å². The van der Waals surface area contributed by atoms with Gasteiger partial charge in [-0.3, -0.25) is 0 Å². The molecule has 0 unspecified atom stereocenters. The van der Waals surface area contributed by atoms with Crippen LogP contribution in [0.1, 0.15) is 13.8 Å². The Kier molecular flexibility index (Phi) is 10.9. The fourth-order valence-electron chi connectivity index (χ4n) is 1.98. The number of ether oxygens (including phenoxy) is 2. The smallest absolute Gasteiger partial charge is 0.330 e. The molecule has 150 valence electrons. The summed E-state index contributed by atoms with van der Waals surface area (Å²) in [5, 5.41) is 0. The summed E-state index contributed by atoms with van der Waals surface area (Å²) in [5.41, 5.74) is 0. The summed E-state index contributed by atoms with van der Waals surface area (Å²) < 4.78 is 22.3. The molecule has 0 amide bonds. The lowest BCUT2D eigenvalue weighted by Gasteiger charge is -2.33. The van der Waals surface area contributed by atoms with Gasteiger partial charge in [0.25, 0.3) is 0 Å². The van der Waals surface area contributed by atoms with E-state index in [1.807, 2.05) is 0 Å². The van der Waals surface area contributed by atoms with Gasteiger partial charge in [0.05, 0.1) is 25.4 Å². The Morgan fingerprint density at radius 2 is 1.04 bits per heavy atom. The highest BCUT2D eigenvalue weighted by atomic mass is 28.4. The molecule has 0 saturated carbocycles. The lowest BCUT2D eigenvalue weighted by Crippen LogP contribution is -2.43. The SMILES string of the molecule is CCOC(=O)/C=C/[C@H](O[Si](C)(C)C)[C@H](/C=C/C(=O)OCC)O[Si](C)(C)C. The fourth-order valence-corrected chi connectivity index (χ4v) is 4.03. The molecular formula is C18H34O6Si2. The van der Waals surface area contributed by atoms with Gasteiger partial charge in [0, 0.05) is 12.2 Å². The van der Waals surface area contributed by atoms with Crippen LogP contribution in [0.3, 0.4) is 0 Å². The van der Waals surface area contributed by atoms with E-state index in [0.717, 1.165) is 0 Å². The summed E-state index contributed by atoms with van der Waals surface area (Å²) in [7, 11) is -3.88. The van der Waals surface area contributed by atoms with E-state index in [9.17, 15) is 9.59 Å². The molecule has 8 heteroatoms. The maximum absolute atomic E-state index is 11.7. The van der Waals surface area contributed by atoms with Crippen molar-refractivity contribution in [1.29, 1.82) is 0 Å². The number of rotatable bonds is 11. The van der Waals surface area contributed by atoms with Crippen molar-refractivity contribution < 1.29 is 27.9 Å². The van der Waals surface area contributed by atoms with Gasteiger partial charge in [-0.2, -0.15) is 0 Å². The van der Waals surface area contributed by atoms with Crippen LogP contribution < -0.4 is 0 Å². The Morgan fingerprint density at radius 3 is 1.27 bits per heavy atom. The summed E-state index contributed by atoms with van der Waals surface area (Å²) in [6.07, 6.45) is 5.01. The Hall–Kier alpha value is -1.23. The summed E-state index contributed by atoms with van der Waals surface area (Å²) in [6.45, 7) is 16.4. The lowest BCUT2D eigenvalue weighted by molar-refractivity contribution is -0.138. The first-order chi connectivity index (χ1) is 11.9. The summed E-state index contributed by atoms with van der Waals surface area (Å²) >= 11 is 0. The predicted molar refractivity (Wildman–Crippen MR) is 108 cm³/mol. The maximum atomic E-state index is 11.7. The Bertz CT molecular complexity index is 457. The monoisotopic (exact) mass is 402 g/mol. The molecule has 0 rings (SSSR count). The predicted octanol–water partition coefficient (Wildman–Crippen LogP) is 3.67. The van der Waals surface area contributed by atoms with Crippen LogP contribution in [-0.4, -0.2) is 54.0 Å². The van der Waals surface area contributed by atoms with Crippen LogP contribution in [-0.2, 0) is 27.9 Å². The molecule has 0 aliphatic rings. The van der Waals surface area contributed by atoms with E-state index >= 15 is 0 Å². The molecule has 0 bridgehead atoms. The van der Waals surface area contributed by atoms with Crippen molar-refractivity contribution in [2.24, 2.45) is 0 Å². The first kappa shape index (κ1) is 24.8. The van der Waals surface area contributed by atoms with Crippen LogP contribution in [0.25, 0.3) is 0 Å². The van der Waals surface area contributed by atoms with Gasteiger partial charge in [0.15, 0.2) is 16.6 Å². The van der Waals surface area contributed by atoms with Crippen molar-refractivity contribution in [3.05, 3.63) is 24.3 Å². The molecule has 0 aliphatic heterocycles. The molecule has 0 fully saturated rings. The van der Waals surface area contributed by atoms with E-state index < -0.39 is 40.8 Å². The molecule has 0 aromatic rings. The van der Waals surface area contributed by atoms with Gasteiger partial charge in [-0.25, -0.2) is 9.59 Å². The molecule has 0 heterocycles. The minimum Gasteiger partial charge on any atom is -0.463 e. The summed E-state index contributed by atoms with van der Waals surface area (Å²) in [6, 6.07) is 0. The van der Waals surface area contributed by atoms with Crippen LogP contribution >= 0.6 is 0 Å². The van der Waals surface area contributed by atoms with Crippen molar-refractivity contribution in [3.8, 4) is 0 Å². The molecule has 26 heavy (non-hydrogen) atoms. The second-order valence-corrected chi connectivity index (χ2v) is 16.5. The van der Waals surface area contributed by atoms with Crippen LogP contribution in [0.2, 0.25) is 39.3 Å². The number of hydrogen-bond acceptors (Lipinski definition) is 6. The van der Waals surface area contributed by atoms with Crippen LogP contribution in [0.4, 0.5) is 0 Å². The van der Waals surface area contributed by atoms with Gasteiger partial charge >= 0.3 is 11.9 Å². The zero-order chi connectivity index (χ0) is 20.4. The number of carbonyl (C=O) groups is 2. The van der Waals surface area contributed by atoms with Gasteiger partial charge in [-0.05, 0) is 65.3 Å². The molecule has 0 saturated heterocycles. The summed E-state index contributed by atoms with van der Waals surface area (Å²) in [5.74, 6) is -0.865. The average Bonchev–Trinajstić information content (AvgIpc) is 2.46. The first-order valence-electron chi connectivity index (χ1n) is 8.93. The fraction of sp³-hybridized carbons (Fsp3) is 0.667. The van der Waals surface area contributed by atoms with Crippen molar-refractivity contribution in [1.82, 2.24) is 0 Å². The van der Waals surface area contributed by atoms with Gasteiger partial charge < -0.3 is 18.3 Å². The van der Waals surface area contributed by atoms with E-state index in [-0.39, 0.29) is 0 Å². The second-order valence-electron chi connectivity index (χ2n) is 7.61. The third kappa shape index (κ3) is 13.0. The Morgan fingerprint density at radius 1 is 0.731 bits per heavy atom. The minimum absolute atomic E-state index is 0.306. The molecule has 2 atom stereocenters. The molecule has 0 N–H and O–H groups in total. The second kappa shape index (κ2) is 11.5. The van der Waals surface area contributed by atoms with Crippen LogP contribution in [0.15, 0.2) is 24.3 Å². The van der Waals surface area contributed by atoms with Crippen molar-refractivity contribution >= 4 is 28.6 Å².